The minimum absolute atomic E-state index is 0.257. The van der Waals surface area contributed by atoms with E-state index in [-0.39, 0.29) is 5.91 Å². The highest BCUT2D eigenvalue weighted by Gasteiger charge is 2.10. The number of furan rings is 1. The Balaban J connectivity index is 2.09. The topological polar surface area (TPSA) is 55.1 Å². The van der Waals surface area contributed by atoms with Gasteiger partial charge < -0.3 is 9.73 Å². The zero-order valence-corrected chi connectivity index (χ0v) is 8.93. The summed E-state index contributed by atoms with van der Waals surface area (Å²) in [5.41, 5.74) is 0.655. The smallest absolute Gasteiger partial charge is 0.291 e. The number of rotatable bonds is 3. The number of hydrogen-bond acceptors (Lipinski definition) is 3. The molecule has 1 N–H and O–H groups in total. The maximum atomic E-state index is 11.7. The first-order chi connectivity index (χ1) is 7.79. The van der Waals surface area contributed by atoms with E-state index in [4.69, 9.17) is 4.42 Å². The molecule has 0 atom stereocenters. The van der Waals surface area contributed by atoms with Gasteiger partial charge in [0.2, 0.25) is 0 Å². The summed E-state index contributed by atoms with van der Waals surface area (Å²) in [5.74, 6) is 0.865. The second-order valence-electron chi connectivity index (χ2n) is 3.32. The van der Waals surface area contributed by atoms with E-state index in [0.717, 1.165) is 12.2 Å². The van der Waals surface area contributed by atoms with Crippen LogP contribution in [0.15, 0.2) is 41.1 Å². The predicted octanol–water partition coefficient (Wildman–Crippen LogP) is 2.49. The van der Waals surface area contributed by atoms with Crippen LogP contribution in [0, 0.1) is 0 Å². The molecule has 0 saturated carbocycles. The Labute approximate surface area is 93.3 Å². The normalized spacial score (nSPS) is 10.1. The van der Waals surface area contributed by atoms with Crippen molar-refractivity contribution in [3.8, 4) is 0 Å². The fraction of sp³-hybridized carbons (Fsp3) is 0.167. The van der Waals surface area contributed by atoms with Gasteiger partial charge in [-0.15, -0.1) is 0 Å². The molecule has 16 heavy (non-hydrogen) atoms. The van der Waals surface area contributed by atoms with Gasteiger partial charge in [-0.25, -0.2) is 0 Å². The summed E-state index contributed by atoms with van der Waals surface area (Å²) in [4.78, 5) is 15.6. The van der Waals surface area contributed by atoms with Crippen LogP contribution in [0.25, 0.3) is 0 Å². The van der Waals surface area contributed by atoms with Gasteiger partial charge >= 0.3 is 0 Å². The van der Waals surface area contributed by atoms with E-state index in [1.807, 2.05) is 6.92 Å². The zero-order valence-electron chi connectivity index (χ0n) is 8.93. The number of nitrogens with zero attached hydrogens (tertiary/aromatic N) is 1. The lowest BCUT2D eigenvalue weighted by molar-refractivity contribution is 0.0995. The van der Waals surface area contributed by atoms with E-state index < -0.39 is 0 Å². The fourth-order valence-electron chi connectivity index (χ4n) is 1.32. The molecule has 0 radical (unpaired) electrons. The number of carbonyl (C=O) groups is 1. The Morgan fingerprint density at radius 3 is 2.94 bits per heavy atom. The van der Waals surface area contributed by atoms with Gasteiger partial charge in [0.1, 0.15) is 5.76 Å². The lowest BCUT2D eigenvalue weighted by Gasteiger charge is -2.01. The molecule has 0 fully saturated rings. The van der Waals surface area contributed by atoms with Crippen molar-refractivity contribution in [2.24, 2.45) is 0 Å². The molecule has 4 heteroatoms. The fourth-order valence-corrected chi connectivity index (χ4v) is 1.32. The highest BCUT2D eigenvalue weighted by Crippen LogP contribution is 2.11. The summed E-state index contributed by atoms with van der Waals surface area (Å²) >= 11 is 0. The molecule has 1 amide bonds. The number of amides is 1. The molecule has 0 saturated heterocycles. The van der Waals surface area contributed by atoms with Crippen LogP contribution in [-0.2, 0) is 6.42 Å². The first-order valence-electron chi connectivity index (χ1n) is 5.09. The summed E-state index contributed by atoms with van der Waals surface area (Å²) in [6.07, 6.45) is 4.01. The van der Waals surface area contributed by atoms with E-state index in [1.165, 1.54) is 0 Å². The summed E-state index contributed by atoms with van der Waals surface area (Å²) in [6.45, 7) is 1.97. The molecule has 0 aliphatic heterocycles. The van der Waals surface area contributed by atoms with Crippen molar-refractivity contribution in [3.63, 3.8) is 0 Å². The highest BCUT2D eigenvalue weighted by molar-refractivity contribution is 6.02. The average Bonchev–Trinajstić information content (AvgIpc) is 2.79. The average molecular weight is 216 g/mol. The van der Waals surface area contributed by atoms with Crippen molar-refractivity contribution < 1.29 is 9.21 Å². The number of aromatic nitrogens is 1. The molecule has 4 nitrogen and oxygen atoms in total. The zero-order chi connectivity index (χ0) is 11.4. The van der Waals surface area contributed by atoms with Crippen LogP contribution in [0.3, 0.4) is 0 Å². The molecule has 2 aromatic rings. The number of carbonyl (C=O) groups excluding carboxylic acids is 1. The van der Waals surface area contributed by atoms with E-state index in [9.17, 15) is 4.79 Å². The second-order valence-corrected chi connectivity index (χ2v) is 3.32. The number of hydrogen-bond donors (Lipinski definition) is 1. The van der Waals surface area contributed by atoms with Crippen LogP contribution in [0.2, 0.25) is 0 Å². The van der Waals surface area contributed by atoms with Crippen LogP contribution >= 0.6 is 0 Å². The summed E-state index contributed by atoms with van der Waals surface area (Å²) in [5, 5.41) is 2.70. The quantitative estimate of drug-likeness (QED) is 0.857. The van der Waals surface area contributed by atoms with E-state index in [1.54, 1.807) is 36.7 Å². The molecule has 0 aliphatic rings. The predicted molar refractivity (Wildman–Crippen MR) is 60.3 cm³/mol. The van der Waals surface area contributed by atoms with Gasteiger partial charge in [0, 0.05) is 12.6 Å². The summed E-state index contributed by atoms with van der Waals surface area (Å²) in [7, 11) is 0. The SMILES string of the molecule is CCc1ccc(C(=O)Nc2cccnc2)o1. The van der Waals surface area contributed by atoms with Gasteiger partial charge in [-0.3, -0.25) is 9.78 Å². The molecular weight excluding hydrogens is 204 g/mol. The molecule has 0 bridgehead atoms. The van der Waals surface area contributed by atoms with Crippen LogP contribution in [0.4, 0.5) is 5.69 Å². The van der Waals surface area contributed by atoms with E-state index >= 15 is 0 Å². The van der Waals surface area contributed by atoms with Crippen LogP contribution in [0.5, 0.6) is 0 Å². The lowest BCUT2D eigenvalue weighted by Crippen LogP contribution is -2.10. The van der Waals surface area contributed by atoms with Gasteiger partial charge in [-0.05, 0) is 24.3 Å². The maximum Gasteiger partial charge on any atom is 0.291 e. The molecule has 2 rings (SSSR count). The van der Waals surface area contributed by atoms with Crippen molar-refractivity contribution in [1.82, 2.24) is 4.98 Å². The van der Waals surface area contributed by atoms with Crippen LogP contribution in [0.1, 0.15) is 23.2 Å². The largest absolute Gasteiger partial charge is 0.456 e. The third-order valence-electron chi connectivity index (χ3n) is 2.15. The number of aryl methyl sites for hydroxylation is 1. The van der Waals surface area contributed by atoms with E-state index in [0.29, 0.717) is 11.4 Å². The summed E-state index contributed by atoms with van der Waals surface area (Å²) < 4.78 is 5.33. The van der Waals surface area contributed by atoms with Gasteiger partial charge in [0.05, 0.1) is 11.9 Å². The summed E-state index contributed by atoms with van der Waals surface area (Å²) in [6, 6.07) is 7.01. The number of nitrogens with one attached hydrogen (secondary N) is 1. The number of anilines is 1. The molecule has 0 spiro atoms. The Kier molecular flexibility index (Phi) is 3.00. The van der Waals surface area contributed by atoms with Crippen molar-refractivity contribution in [1.29, 1.82) is 0 Å². The van der Waals surface area contributed by atoms with Crippen molar-refractivity contribution in [3.05, 3.63) is 48.2 Å². The molecule has 82 valence electrons. The van der Waals surface area contributed by atoms with Gasteiger partial charge in [0.15, 0.2) is 5.76 Å². The Morgan fingerprint density at radius 2 is 2.31 bits per heavy atom. The minimum Gasteiger partial charge on any atom is -0.456 e. The Hall–Kier alpha value is -2.10. The first-order valence-corrected chi connectivity index (χ1v) is 5.09. The van der Waals surface area contributed by atoms with Gasteiger partial charge in [-0.2, -0.15) is 0 Å². The lowest BCUT2D eigenvalue weighted by atomic mass is 10.3. The number of pyridine rings is 1. The third-order valence-corrected chi connectivity index (χ3v) is 2.15. The second kappa shape index (κ2) is 4.61. The van der Waals surface area contributed by atoms with Crippen LogP contribution < -0.4 is 5.32 Å². The molecule has 0 aromatic carbocycles. The third kappa shape index (κ3) is 2.28. The van der Waals surface area contributed by atoms with Gasteiger partial charge in [-0.1, -0.05) is 6.92 Å². The van der Waals surface area contributed by atoms with Crippen LogP contribution in [-0.4, -0.2) is 10.9 Å². The Morgan fingerprint density at radius 1 is 1.44 bits per heavy atom. The maximum absolute atomic E-state index is 11.7. The monoisotopic (exact) mass is 216 g/mol. The van der Waals surface area contributed by atoms with Crippen molar-refractivity contribution >= 4 is 11.6 Å². The van der Waals surface area contributed by atoms with Crippen molar-refractivity contribution in [2.45, 2.75) is 13.3 Å². The minimum atomic E-state index is -0.257. The highest BCUT2D eigenvalue weighted by atomic mass is 16.3. The molecule has 2 aromatic heterocycles. The van der Waals surface area contributed by atoms with Crippen molar-refractivity contribution in [2.75, 3.05) is 5.32 Å². The Bertz CT molecular complexity index is 477. The molecule has 0 unspecified atom stereocenters. The first kappa shape index (κ1) is 10.4. The molecular formula is C12H12N2O2. The standard InChI is InChI=1S/C12H12N2O2/c1-2-10-5-6-11(16-10)12(15)14-9-4-3-7-13-8-9/h3-8H,2H2,1H3,(H,14,15). The van der Waals surface area contributed by atoms with E-state index in [2.05, 4.69) is 10.3 Å². The molecule has 0 aliphatic carbocycles. The van der Waals surface area contributed by atoms with Gasteiger partial charge in [0.25, 0.3) is 5.91 Å². The molecule has 2 heterocycles.